The third kappa shape index (κ3) is 2.68. The van der Waals surface area contributed by atoms with Gasteiger partial charge in [0, 0.05) is 12.1 Å². The molecule has 2 atom stereocenters. The molecule has 1 amide bonds. The number of rotatable bonds is 3. The van der Waals surface area contributed by atoms with E-state index in [-0.39, 0.29) is 11.3 Å². The summed E-state index contributed by atoms with van der Waals surface area (Å²) in [5, 5.41) is 22.5. The van der Waals surface area contributed by atoms with Crippen LogP contribution < -0.4 is 14.6 Å². The molecule has 0 spiro atoms. The molecule has 0 aliphatic carbocycles. The van der Waals surface area contributed by atoms with E-state index in [0.29, 0.717) is 5.75 Å². The lowest BCUT2D eigenvalue weighted by Crippen LogP contribution is -2.52. The highest BCUT2D eigenvalue weighted by atomic mass is 16.5. The van der Waals surface area contributed by atoms with Crippen molar-refractivity contribution in [1.82, 2.24) is 5.32 Å². The summed E-state index contributed by atoms with van der Waals surface area (Å²) in [7, 11) is 1.58. The molecular weight excluding hydrogens is 306 g/mol. The van der Waals surface area contributed by atoms with Crippen molar-refractivity contribution in [3.05, 3.63) is 71.8 Å². The Kier molecular flexibility index (Phi) is 4.17. The molecule has 24 heavy (non-hydrogen) atoms. The lowest BCUT2D eigenvalue weighted by Gasteiger charge is -2.28. The molecule has 0 fully saturated rings. The second-order valence-electron chi connectivity index (χ2n) is 5.36. The molecule has 3 rings (SSSR count). The van der Waals surface area contributed by atoms with Crippen LogP contribution in [0, 0.1) is 11.3 Å². The Morgan fingerprint density at radius 2 is 1.88 bits per heavy atom. The number of aliphatic hydroxyl groups excluding tert-OH is 1. The van der Waals surface area contributed by atoms with E-state index in [2.05, 4.69) is 5.32 Å². The first-order valence-corrected chi connectivity index (χ1v) is 7.39. The smallest absolute Gasteiger partial charge is 0.266 e. The van der Waals surface area contributed by atoms with Crippen molar-refractivity contribution in [2.75, 3.05) is 7.11 Å². The van der Waals surface area contributed by atoms with Gasteiger partial charge in [-0.1, -0.05) is 18.2 Å². The summed E-state index contributed by atoms with van der Waals surface area (Å²) < 4.78 is 6.92. The zero-order valence-electron chi connectivity index (χ0n) is 13.0. The van der Waals surface area contributed by atoms with Gasteiger partial charge in [-0.3, -0.25) is 4.79 Å². The molecule has 2 heterocycles. The Hall–Kier alpha value is -3.33. The molecule has 6 heteroatoms. The zero-order valence-corrected chi connectivity index (χ0v) is 13.0. The van der Waals surface area contributed by atoms with E-state index in [1.165, 1.54) is 0 Å². The summed E-state index contributed by atoms with van der Waals surface area (Å²) in [6, 6.07) is 13.4. The highest BCUT2D eigenvalue weighted by Crippen LogP contribution is 2.33. The van der Waals surface area contributed by atoms with E-state index in [1.54, 1.807) is 42.3 Å². The standard InChI is InChI=1S/C18H15N3O3/c1-24-13-7-5-12(6-8-13)15-16(21-9-3-2-4-10-21)17(22)14(11-19)18(23)20-15/h2-10,15-16H,1H3,(H-,20,22,23)/p+1. The number of ether oxygens (including phenoxy) is 1. The minimum absolute atomic E-state index is 0.238. The van der Waals surface area contributed by atoms with Gasteiger partial charge in [-0.2, -0.15) is 9.83 Å². The summed E-state index contributed by atoms with van der Waals surface area (Å²) in [6.07, 6.45) is 3.56. The number of carbonyl (C=O) groups is 1. The molecular formula is C18H16N3O3+. The third-order valence-corrected chi connectivity index (χ3v) is 4.01. The first-order valence-electron chi connectivity index (χ1n) is 7.39. The van der Waals surface area contributed by atoms with Gasteiger partial charge >= 0.3 is 0 Å². The van der Waals surface area contributed by atoms with Gasteiger partial charge in [0.2, 0.25) is 6.04 Å². The first kappa shape index (κ1) is 15.6. The van der Waals surface area contributed by atoms with Gasteiger partial charge in [-0.25, -0.2) is 0 Å². The molecule has 2 N–H and O–H groups in total. The van der Waals surface area contributed by atoms with Crippen LogP contribution in [0.15, 0.2) is 66.2 Å². The fraction of sp³-hybridized carbons (Fsp3) is 0.167. The summed E-state index contributed by atoms with van der Waals surface area (Å²) in [5.41, 5.74) is 0.537. The van der Waals surface area contributed by atoms with Crippen molar-refractivity contribution < 1.29 is 19.2 Å². The van der Waals surface area contributed by atoms with Crippen molar-refractivity contribution in [2.45, 2.75) is 12.1 Å². The molecule has 1 aromatic heterocycles. The number of aliphatic hydroxyl groups is 1. The maximum atomic E-state index is 12.1. The molecule has 1 aliphatic rings. The highest BCUT2D eigenvalue weighted by Gasteiger charge is 2.43. The molecule has 1 aliphatic heterocycles. The molecule has 0 radical (unpaired) electrons. The van der Waals surface area contributed by atoms with Crippen LogP contribution in [0.25, 0.3) is 0 Å². The average Bonchev–Trinajstić information content (AvgIpc) is 2.62. The lowest BCUT2D eigenvalue weighted by molar-refractivity contribution is -0.721. The number of carbonyl (C=O) groups excluding carboxylic acids is 1. The van der Waals surface area contributed by atoms with Crippen molar-refractivity contribution in [1.29, 1.82) is 5.26 Å². The molecule has 6 nitrogen and oxygen atoms in total. The lowest BCUT2D eigenvalue weighted by atomic mass is 9.91. The van der Waals surface area contributed by atoms with Crippen LogP contribution in [-0.4, -0.2) is 18.1 Å². The summed E-state index contributed by atoms with van der Waals surface area (Å²) in [5.74, 6) is -0.121. The van der Waals surface area contributed by atoms with Crippen LogP contribution >= 0.6 is 0 Å². The molecule has 0 saturated carbocycles. The van der Waals surface area contributed by atoms with Gasteiger partial charge < -0.3 is 15.2 Å². The number of aromatic nitrogens is 1. The molecule has 0 saturated heterocycles. The molecule has 2 aromatic rings. The van der Waals surface area contributed by atoms with Crippen LogP contribution in [0.4, 0.5) is 0 Å². The second-order valence-corrected chi connectivity index (χ2v) is 5.36. The Morgan fingerprint density at radius 3 is 2.46 bits per heavy atom. The molecule has 2 unspecified atom stereocenters. The number of nitriles is 1. The number of nitrogens with zero attached hydrogens (tertiary/aromatic N) is 2. The van der Waals surface area contributed by atoms with E-state index in [4.69, 9.17) is 10.00 Å². The van der Waals surface area contributed by atoms with Crippen LogP contribution in [0.3, 0.4) is 0 Å². The van der Waals surface area contributed by atoms with Crippen molar-refractivity contribution >= 4 is 5.91 Å². The average molecular weight is 322 g/mol. The number of methoxy groups -OCH3 is 1. The van der Waals surface area contributed by atoms with Crippen LogP contribution in [0.5, 0.6) is 5.75 Å². The minimum atomic E-state index is -0.605. The molecule has 0 bridgehead atoms. The SMILES string of the molecule is COc1ccc(C2NC(=O)C(C#N)=C(O)C2[n+]2ccccc2)cc1. The number of hydrogen-bond acceptors (Lipinski definition) is 4. The Bertz CT molecular complexity index is 823. The Morgan fingerprint density at radius 1 is 1.21 bits per heavy atom. The van der Waals surface area contributed by atoms with Gasteiger partial charge in [0.15, 0.2) is 23.7 Å². The number of nitrogens with one attached hydrogen (secondary N) is 1. The number of amides is 1. The maximum absolute atomic E-state index is 12.1. The van der Waals surface area contributed by atoms with Gasteiger partial charge in [0.1, 0.15) is 17.9 Å². The summed E-state index contributed by atoms with van der Waals surface area (Å²) in [6.45, 7) is 0. The van der Waals surface area contributed by atoms with Crippen LogP contribution in [0.2, 0.25) is 0 Å². The third-order valence-electron chi connectivity index (χ3n) is 4.01. The quantitative estimate of drug-likeness (QED) is 0.843. The fourth-order valence-corrected chi connectivity index (χ4v) is 2.81. The Labute approximate surface area is 139 Å². The second kappa shape index (κ2) is 6.42. The normalized spacial score (nSPS) is 20.2. The van der Waals surface area contributed by atoms with Crippen molar-refractivity contribution in [2.24, 2.45) is 0 Å². The fourth-order valence-electron chi connectivity index (χ4n) is 2.81. The van der Waals surface area contributed by atoms with E-state index in [1.807, 2.05) is 30.3 Å². The van der Waals surface area contributed by atoms with Crippen LogP contribution in [0.1, 0.15) is 17.6 Å². The number of benzene rings is 1. The maximum Gasteiger partial charge on any atom is 0.266 e. The van der Waals surface area contributed by atoms with Crippen molar-refractivity contribution in [3.8, 4) is 11.8 Å². The topological polar surface area (TPSA) is 86.2 Å². The van der Waals surface area contributed by atoms with Gasteiger partial charge in [-0.05, 0) is 17.7 Å². The predicted molar refractivity (Wildman–Crippen MR) is 84.8 cm³/mol. The van der Waals surface area contributed by atoms with Gasteiger partial charge in [0.25, 0.3) is 5.91 Å². The number of hydrogen-bond donors (Lipinski definition) is 2. The predicted octanol–water partition coefficient (Wildman–Crippen LogP) is 1.73. The minimum Gasteiger partial charge on any atom is -0.505 e. The first-order chi connectivity index (χ1) is 11.7. The summed E-state index contributed by atoms with van der Waals surface area (Å²) >= 11 is 0. The number of pyridine rings is 1. The van der Waals surface area contributed by atoms with E-state index in [0.717, 1.165) is 5.56 Å². The largest absolute Gasteiger partial charge is 0.505 e. The molecule has 120 valence electrons. The molecule has 1 aromatic carbocycles. The van der Waals surface area contributed by atoms with E-state index in [9.17, 15) is 9.90 Å². The zero-order chi connectivity index (χ0) is 17.1. The van der Waals surface area contributed by atoms with E-state index < -0.39 is 18.0 Å². The Balaban J connectivity index is 2.11. The summed E-state index contributed by atoms with van der Waals surface area (Å²) in [4.78, 5) is 12.1. The van der Waals surface area contributed by atoms with Crippen LogP contribution in [-0.2, 0) is 4.79 Å². The van der Waals surface area contributed by atoms with Gasteiger partial charge in [0.05, 0.1) is 7.11 Å². The van der Waals surface area contributed by atoms with E-state index >= 15 is 0 Å². The monoisotopic (exact) mass is 322 g/mol. The van der Waals surface area contributed by atoms with Crippen molar-refractivity contribution in [3.63, 3.8) is 0 Å². The van der Waals surface area contributed by atoms with Gasteiger partial charge in [-0.15, -0.1) is 0 Å². The highest BCUT2D eigenvalue weighted by molar-refractivity contribution is 5.99.